The predicted octanol–water partition coefficient (Wildman–Crippen LogP) is 1.17. The first-order valence-electron chi connectivity index (χ1n) is 7.20. The summed E-state index contributed by atoms with van der Waals surface area (Å²) in [5.74, 6) is -0.133. The number of aryl methyl sites for hydroxylation is 2. The number of methoxy groups -OCH3 is 1. The van der Waals surface area contributed by atoms with Gasteiger partial charge in [-0.15, -0.1) is 0 Å². The smallest absolute Gasteiger partial charge is 0.306 e. The van der Waals surface area contributed by atoms with E-state index < -0.39 is 0 Å². The van der Waals surface area contributed by atoms with Crippen LogP contribution in [-0.4, -0.2) is 65.4 Å². The van der Waals surface area contributed by atoms with E-state index in [1.807, 2.05) is 18.7 Å². The van der Waals surface area contributed by atoms with Gasteiger partial charge in [-0.2, -0.15) is 5.10 Å². The van der Waals surface area contributed by atoms with E-state index >= 15 is 0 Å². The fourth-order valence-corrected chi connectivity index (χ4v) is 3.05. The largest absolute Gasteiger partial charge is 0.469 e. The fraction of sp³-hybridized carbons (Fsp3) is 0.714. The van der Waals surface area contributed by atoms with Crippen molar-refractivity contribution in [3.05, 3.63) is 15.9 Å². The second-order valence-electron chi connectivity index (χ2n) is 5.41. The van der Waals surface area contributed by atoms with Crippen molar-refractivity contribution >= 4 is 21.9 Å². The molecule has 0 N–H and O–H groups in total. The minimum atomic E-state index is -0.133. The molecule has 1 fully saturated rings. The van der Waals surface area contributed by atoms with Crippen LogP contribution in [0.5, 0.6) is 0 Å². The normalized spacial score (nSPS) is 17.1. The summed E-state index contributed by atoms with van der Waals surface area (Å²) in [5, 5.41) is 4.43. The molecule has 2 heterocycles. The number of hydrogen-bond acceptors (Lipinski definition) is 5. The molecule has 0 bridgehead atoms. The van der Waals surface area contributed by atoms with E-state index in [2.05, 4.69) is 35.6 Å². The number of aromatic nitrogens is 2. The Labute approximate surface area is 134 Å². The highest BCUT2D eigenvalue weighted by Crippen LogP contribution is 2.22. The third-order valence-corrected chi connectivity index (χ3v) is 4.99. The van der Waals surface area contributed by atoms with Gasteiger partial charge in [0.2, 0.25) is 0 Å². The van der Waals surface area contributed by atoms with Crippen molar-refractivity contribution in [3.63, 3.8) is 0 Å². The molecule has 21 heavy (non-hydrogen) atoms. The molecule has 118 valence electrons. The zero-order valence-electron chi connectivity index (χ0n) is 12.9. The topological polar surface area (TPSA) is 50.6 Å². The Morgan fingerprint density at radius 2 is 1.90 bits per heavy atom. The van der Waals surface area contributed by atoms with Gasteiger partial charge in [0.1, 0.15) is 0 Å². The molecule has 1 aliphatic heterocycles. The van der Waals surface area contributed by atoms with Crippen LogP contribution in [0.15, 0.2) is 4.47 Å². The maximum Gasteiger partial charge on any atom is 0.306 e. The fourth-order valence-electron chi connectivity index (χ4n) is 2.59. The summed E-state index contributed by atoms with van der Waals surface area (Å²) in [5.41, 5.74) is 2.25. The van der Waals surface area contributed by atoms with Crippen molar-refractivity contribution < 1.29 is 9.53 Å². The average molecular weight is 359 g/mol. The van der Waals surface area contributed by atoms with Crippen LogP contribution >= 0.6 is 15.9 Å². The Balaban J connectivity index is 1.80. The highest BCUT2D eigenvalue weighted by molar-refractivity contribution is 9.10. The summed E-state index contributed by atoms with van der Waals surface area (Å²) in [6, 6.07) is 0. The van der Waals surface area contributed by atoms with Gasteiger partial charge in [0.05, 0.1) is 29.4 Å². The Bertz CT molecular complexity index is 495. The molecule has 1 aromatic heterocycles. The van der Waals surface area contributed by atoms with Crippen LogP contribution in [0, 0.1) is 6.92 Å². The number of nitrogens with zero attached hydrogens (tertiary/aromatic N) is 4. The third kappa shape index (κ3) is 4.28. The summed E-state index contributed by atoms with van der Waals surface area (Å²) in [6.07, 6.45) is 0.475. The highest BCUT2D eigenvalue weighted by Gasteiger charge is 2.20. The molecule has 0 aliphatic carbocycles. The maximum absolute atomic E-state index is 11.2. The molecule has 7 heteroatoms. The number of esters is 1. The zero-order chi connectivity index (χ0) is 15.4. The number of carbonyl (C=O) groups is 1. The highest BCUT2D eigenvalue weighted by atomic mass is 79.9. The number of carbonyl (C=O) groups excluding carboxylic acids is 1. The molecule has 0 radical (unpaired) electrons. The van der Waals surface area contributed by atoms with Crippen LogP contribution in [-0.2, 0) is 23.1 Å². The lowest BCUT2D eigenvalue weighted by atomic mass is 10.2. The molecule has 0 saturated carbocycles. The first-order valence-corrected chi connectivity index (χ1v) is 8.00. The van der Waals surface area contributed by atoms with Gasteiger partial charge in [-0.25, -0.2) is 0 Å². The van der Waals surface area contributed by atoms with Crippen molar-refractivity contribution in [1.82, 2.24) is 19.6 Å². The van der Waals surface area contributed by atoms with Crippen molar-refractivity contribution in [2.24, 2.45) is 7.05 Å². The second-order valence-corrected chi connectivity index (χ2v) is 6.21. The molecule has 0 spiro atoms. The summed E-state index contributed by atoms with van der Waals surface area (Å²) in [6.45, 7) is 7.71. The van der Waals surface area contributed by atoms with Crippen LogP contribution in [0.3, 0.4) is 0 Å². The van der Waals surface area contributed by atoms with Crippen molar-refractivity contribution in [1.29, 1.82) is 0 Å². The average Bonchev–Trinajstić information content (AvgIpc) is 2.72. The van der Waals surface area contributed by atoms with Crippen LogP contribution < -0.4 is 0 Å². The SMILES string of the molecule is COC(=O)CCN1CCN(Cc2c(Br)c(C)nn2C)CC1. The van der Waals surface area contributed by atoms with E-state index in [1.54, 1.807) is 0 Å². The Morgan fingerprint density at radius 1 is 1.29 bits per heavy atom. The number of hydrogen-bond donors (Lipinski definition) is 0. The Hall–Kier alpha value is -0.920. The van der Waals surface area contributed by atoms with Gasteiger partial charge < -0.3 is 9.64 Å². The van der Waals surface area contributed by atoms with Gasteiger partial charge in [0.15, 0.2) is 0 Å². The summed E-state index contributed by atoms with van der Waals surface area (Å²) < 4.78 is 7.74. The van der Waals surface area contributed by atoms with Crippen molar-refractivity contribution in [3.8, 4) is 0 Å². The molecule has 1 aromatic rings. The molecule has 6 nitrogen and oxygen atoms in total. The van der Waals surface area contributed by atoms with E-state index in [9.17, 15) is 4.79 Å². The third-order valence-electron chi connectivity index (χ3n) is 3.96. The Morgan fingerprint density at radius 3 is 2.43 bits per heavy atom. The minimum absolute atomic E-state index is 0.133. The quantitative estimate of drug-likeness (QED) is 0.739. The summed E-state index contributed by atoms with van der Waals surface area (Å²) in [7, 11) is 3.42. The van der Waals surface area contributed by atoms with Gasteiger partial charge in [0, 0.05) is 46.3 Å². The van der Waals surface area contributed by atoms with E-state index in [1.165, 1.54) is 12.8 Å². The first-order chi connectivity index (χ1) is 10.0. The lowest BCUT2D eigenvalue weighted by molar-refractivity contribution is -0.141. The van der Waals surface area contributed by atoms with Gasteiger partial charge in [-0.1, -0.05) is 0 Å². The van der Waals surface area contributed by atoms with Crippen LogP contribution in [0.25, 0.3) is 0 Å². The molecule has 0 unspecified atom stereocenters. The van der Waals surface area contributed by atoms with Crippen molar-refractivity contribution in [2.45, 2.75) is 19.9 Å². The predicted molar refractivity (Wildman–Crippen MR) is 84.0 cm³/mol. The Kier molecular flexibility index (Phi) is 5.78. The van der Waals surface area contributed by atoms with Gasteiger partial charge in [-0.3, -0.25) is 14.4 Å². The van der Waals surface area contributed by atoms with Gasteiger partial charge >= 0.3 is 5.97 Å². The van der Waals surface area contributed by atoms with Crippen LogP contribution in [0.4, 0.5) is 0 Å². The minimum Gasteiger partial charge on any atom is -0.469 e. The number of rotatable bonds is 5. The summed E-state index contributed by atoms with van der Waals surface area (Å²) >= 11 is 3.62. The molecular weight excluding hydrogens is 336 g/mol. The van der Waals surface area contributed by atoms with E-state index in [-0.39, 0.29) is 5.97 Å². The molecular formula is C14H23BrN4O2. The molecule has 0 aromatic carbocycles. The zero-order valence-corrected chi connectivity index (χ0v) is 14.5. The summed E-state index contributed by atoms with van der Waals surface area (Å²) in [4.78, 5) is 15.9. The number of halogens is 1. The van der Waals surface area contributed by atoms with Crippen molar-refractivity contribution in [2.75, 3.05) is 39.8 Å². The molecule has 0 amide bonds. The van der Waals surface area contributed by atoms with Gasteiger partial charge in [-0.05, 0) is 22.9 Å². The van der Waals surface area contributed by atoms with Gasteiger partial charge in [0.25, 0.3) is 0 Å². The standard InChI is InChI=1S/C14H23BrN4O2/c1-11-14(15)12(17(2)16-11)10-19-8-6-18(7-9-19)5-4-13(20)21-3/h4-10H2,1-3H3. The molecule has 0 atom stereocenters. The molecule has 1 aliphatic rings. The van der Waals surface area contributed by atoms with Crippen LogP contribution in [0.2, 0.25) is 0 Å². The monoisotopic (exact) mass is 358 g/mol. The van der Waals surface area contributed by atoms with Crippen LogP contribution in [0.1, 0.15) is 17.8 Å². The van der Waals surface area contributed by atoms with E-state index in [0.717, 1.165) is 49.4 Å². The first kappa shape index (κ1) is 16.5. The molecule has 2 rings (SSSR count). The lowest BCUT2D eigenvalue weighted by Gasteiger charge is -2.34. The number of ether oxygens (including phenoxy) is 1. The number of piperazine rings is 1. The molecule has 1 saturated heterocycles. The van der Waals surface area contributed by atoms with E-state index in [4.69, 9.17) is 0 Å². The van der Waals surface area contributed by atoms with E-state index in [0.29, 0.717) is 6.42 Å². The second kappa shape index (κ2) is 7.38. The maximum atomic E-state index is 11.2. The lowest BCUT2D eigenvalue weighted by Crippen LogP contribution is -2.46.